The maximum atomic E-state index is 12.3. The SMILES string of the molecule is Cc1nc(-c2cccnc2)[nH]c(=O)c1CC(=O)N1CC(=O)N(C)C1. The summed E-state index contributed by atoms with van der Waals surface area (Å²) in [5.74, 6) is 0.0362. The van der Waals surface area contributed by atoms with E-state index in [-0.39, 0.29) is 37.0 Å². The van der Waals surface area contributed by atoms with Gasteiger partial charge < -0.3 is 14.8 Å². The molecule has 0 bridgehead atoms. The summed E-state index contributed by atoms with van der Waals surface area (Å²) in [7, 11) is 1.64. The first-order chi connectivity index (χ1) is 11.5. The molecule has 24 heavy (non-hydrogen) atoms. The lowest BCUT2D eigenvalue weighted by molar-refractivity contribution is -0.131. The van der Waals surface area contributed by atoms with Crippen molar-refractivity contribution in [3.8, 4) is 11.4 Å². The van der Waals surface area contributed by atoms with E-state index in [1.807, 2.05) is 0 Å². The average molecular weight is 327 g/mol. The van der Waals surface area contributed by atoms with Crippen LogP contribution in [0.5, 0.6) is 0 Å². The summed E-state index contributed by atoms with van der Waals surface area (Å²) in [6.45, 7) is 1.99. The first-order valence-electron chi connectivity index (χ1n) is 7.47. The van der Waals surface area contributed by atoms with Crippen LogP contribution in [-0.2, 0) is 16.0 Å². The fraction of sp³-hybridized carbons (Fsp3) is 0.312. The minimum Gasteiger partial charge on any atom is -0.326 e. The van der Waals surface area contributed by atoms with Crippen LogP contribution in [0.15, 0.2) is 29.3 Å². The van der Waals surface area contributed by atoms with Gasteiger partial charge in [-0.2, -0.15) is 0 Å². The highest BCUT2D eigenvalue weighted by atomic mass is 16.2. The third-order valence-corrected chi connectivity index (χ3v) is 3.97. The standard InChI is InChI=1S/C16H17N5O3/c1-10-12(6-13(22)21-8-14(23)20(2)9-21)16(24)19-15(18-10)11-4-3-5-17-7-11/h3-5,7H,6,8-9H2,1-2H3,(H,18,19,24). The summed E-state index contributed by atoms with van der Waals surface area (Å²) < 4.78 is 0. The van der Waals surface area contributed by atoms with Gasteiger partial charge in [0.25, 0.3) is 5.56 Å². The summed E-state index contributed by atoms with van der Waals surface area (Å²) >= 11 is 0. The Balaban J connectivity index is 1.83. The number of hydrogen-bond acceptors (Lipinski definition) is 5. The van der Waals surface area contributed by atoms with Gasteiger partial charge in [-0.05, 0) is 19.1 Å². The van der Waals surface area contributed by atoms with Crippen LogP contribution in [0.25, 0.3) is 11.4 Å². The third-order valence-electron chi connectivity index (χ3n) is 3.97. The second-order valence-corrected chi connectivity index (χ2v) is 5.72. The zero-order valence-corrected chi connectivity index (χ0v) is 13.4. The van der Waals surface area contributed by atoms with Gasteiger partial charge in [-0.1, -0.05) is 0 Å². The molecule has 0 spiro atoms. The molecule has 3 heterocycles. The van der Waals surface area contributed by atoms with E-state index in [0.717, 1.165) is 0 Å². The van der Waals surface area contributed by atoms with Gasteiger partial charge >= 0.3 is 0 Å². The molecule has 124 valence electrons. The van der Waals surface area contributed by atoms with Gasteiger partial charge in [0.2, 0.25) is 11.8 Å². The highest BCUT2D eigenvalue weighted by Gasteiger charge is 2.28. The predicted octanol–water partition coefficient (Wildman–Crippen LogP) is -0.0591. The number of amides is 2. The van der Waals surface area contributed by atoms with Crippen molar-refractivity contribution in [3.05, 3.63) is 46.1 Å². The van der Waals surface area contributed by atoms with Gasteiger partial charge in [-0.25, -0.2) is 4.98 Å². The fourth-order valence-corrected chi connectivity index (χ4v) is 2.56. The Kier molecular flexibility index (Phi) is 4.11. The minimum absolute atomic E-state index is 0.0491. The van der Waals surface area contributed by atoms with Gasteiger partial charge in [-0.15, -0.1) is 0 Å². The number of H-pyrrole nitrogens is 1. The van der Waals surface area contributed by atoms with Crippen molar-refractivity contribution in [2.75, 3.05) is 20.3 Å². The first kappa shape index (κ1) is 15.9. The number of nitrogens with one attached hydrogen (secondary N) is 1. The molecule has 1 N–H and O–H groups in total. The molecule has 8 nitrogen and oxygen atoms in total. The number of carbonyl (C=O) groups excluding carboxylic acids is 2. The molecule has 1 aliphatic rings. The maximum absolute atomic E-state index is 12.3. The van der Waals surface area contributed by atoms with Crippen LogP contribution in [-0.4, -0.2) is 56.8 Å². The van der Waals surface area contributed by atoms with E-state index in [0.29, 0.717) is 22.6 Å². The fourth-order valence-electron chi connectivity index (χ4n) is 2.56. The van der Waals surface area contributed by atoms with E-state index in [1.54, 1.807) is 38.5 Å². The summed E-state index contributed by atoms with van der Waals surface area (Å²) in [6, 6.07) is 3.55. The number of aromatic nitrogens is 3. The van der Waals surface area contributed by atoms with Crippen LogP contribution in [0.3, 0.4) is 0 Å². The van der Waals surface area contributed by atoms with Crippen molar-refractivity contribution >= 4 is 11.8 Å². The Morgan fingerprint density at radius 2 is 2.17 bits per heavy atom. The highest BCUT2D eigenvalue weighted by molar-refractivity contribution is 5.88. The first-order valence-corrected chi connectivity index (χ1v) is 7.47. The van der Waals surface area contributed by atoms with E-state index in [4.69, 9.17) is 0 Å². The normalized spacial score (nSPS) is 14.3. The third kappa shape index (κ3) is 3.03. The van der Waals surface area contributed by atoms with Crippen molar-refractivity contribution in [1.82, 2.24) is 24.8 Å². The molecule has 1 saturated heterocycles. The van der Waals surface area contributed by atoms with Gasteiger partial charge in [0.15, 0.2) is 0 Å². The van der Waals surface area contributed by atoms with Gasteiger partial charge in [0.1, 0.15) is 12.4 Å². The lowest BCUT2D eigenvalue weighted by Crippen LogP contribution is -2.33. The minimum atomic E-state index is -0.353. The molecule has 8 heteroatoms. The highest BCUT2D eigenvalue weighted by Crippen LogP contribution is 2.14. The van der Waals surface area contributed by atoms with Crippen LogP contribution < -0.4 is 5.56 Å². The van der Waals surface area contributed by atoms with E-state index in [2.05, 4.69) is 15.0 Å². The molecular formula is C16H17N5O3. The number of likely N-dealkylation sites (N-methyl/N-ethyl adjacent to an activating group) is 1. The summed E-state index contributed by atoms with van der Waals surface area (Å²) in [6.07, 6.45) is 3.16. The smallest absolute Gasteiger partial charge is 0.255 e. The average Bonchev–Trinajstić information content (AvgIpc) is 2.91. The molecule has 2 aromatic rings. The number of nitrogens with zero attached hydrogens (tertiary/aromatic N) is 4. The number of pyridine rings is 1. The van der Waals surface area contributed by atoms with Crippen LogP contribution in [0.1, 0.15) is 11.3 Å². The molecule has 1 fully saturated rings. The van der Waals surface area contributed by atoms with E-state index >= 15 is 0 Å². The van der Waals surface area contributed by atoms with Gasteiger partial charge in [0, 0.05) is 36.3 Å². The number of aryl methyl sites for hydroxylation is 1. The Morgan fingerprint density at radius 1 is 1.38 bits per heavy atom. The van der Waals surface area contributed by atoms with Crippen molar-refractivity contribution < 1.29 is 9.59 Å². The summed E-state index contributed by atoms with van der Waals surface area (Å²) in [5, 5.41) is 0. The Morgan fingerprint density at radius 3 is 2.75 bits per heavy atom. The Labute approximate surface area is 138 Å². The Bertz CT molecular complexity index is 847. The lowest BCUT2D eigenvalue weighted by Gasteiger charge is -2.15. The van der Waals surface area contributed by atoms with E-state index in [9.17, 15) is 14.4 Å². The number of hydrogen-bond donors (Lipinski definition) is 1. The lowest BCUT2D eigenvalue weighted by atomic mass is 10.1. The van der Waals surface area contributed by atoms with Gasteiger partial charge in [-0.3, -0.25) is 19.4 Å². The van der Waals surface area contributed by atoms with Crippen molar-refractivity contribution in [2.24, 2.45) is 0 Å². The molecule has 0 radical (unpaired) electrons. The largest absolute Gasteiger partial charge is 0.326 e. The van der Waals surface area contributed by atoms with Crippen LogP contribution in [0.4, 0.5) is 0 Å². The van der Waals surface area contributed by atoms with E-state index < -0.39 is 0 Å². The molecule has 0 saturated carbocycles. The number of rotatable bonds is 3. The second-order valence-electron chi connectivity index (χ2n) is 5.72. The molecule has 0 atom stereocenters. The zero-order chi connectivity index (χ0) is 17.3. The zero-order valence-electron chi connectivity index (χ0n) is 13.4. The quantitative estimate of drug-likeness (QED) is 0.851. The maximum Gasteiger partial charge on any atom is 0.255 e. The second kappa shape index (κ2) is 6.23. The molecule has 0 unspecified atom stereocenters. The molecule has 0 aromatic carbocycles. The summed E-state index contributed by atoms with van der Waals surface area (Å²) in [5.41, 5.74) is 1.15. The van der Waals surface area contributed by atoms with Crippen LogP contribution in [0.2, 0.25) is 0 Å². The molecule has 0 aliphatic carbocycles. The molecule has 2 aromatic heterocycles. The van der Waals surface area contributed by atoms with Crippen molar-refractivity contribution in [2.45, 2.75) is 13.3 Å². The molecule has 2 amide bonds. The monoisotopic (exact) mass is 327 g/mol. The topological polar surface area (TPSA) is 99.3 Å². The van der Waals surface area contributed by atoms with Crippen molar-refractivity contribution in [3.63, 3.8) is 0 Å². The molecular weight excluding hydrogens is 310 g/mol. The van der Waals surface area contributed by atoms with Crippen LogP contribution >= 0.6 is 0 Å². The number of aromatic amines is 1. The van der Waals surface area contributed by atoms with E-state index in [1.165, 1.54) is 9.80 Å². The summed E-state index contributed by atoms with van der Waals surface area (Å²) in [4.78, 5) is 50.2. The van der Waals surface area contributed by atoms with Crippen LogP contribution in [0, 0.1) is 6.92 Å². The molecule has 1 aliphatic heterocycles. The van der Waals surface area contributed by atoms with Crippen molar-refractivity contribution in [1.29, 1.82) is 0 Å². The Hall–Kier alpha value is -3.03. The number of carbonyl (C=O) groups is 2. The van der Waals surface area contributed by atoms with Gasteiger partial charge in [0.05, 0.1) is 13.1 Å². The predicted molar refractivity (Wildman–Crippen MR) is 85.9 cm³/mol. The molecule has 3 rings (SSSR count).